The van der Waals surface area contributed by atoms with Gasteiger partial charge in [-0.25, -0.2) is 14.7 Å². The highest BCUT2D eigenvalue weighted by Gasteiger charge is 2.26. The lowest BCUT2D eigenvalue weighted by molar-refractivity contribution is -0.384. The highest BCUT2D eigenvalue weighted by molar-refractivity contribution is 7.16. The summed E-state index contributed by atoms with van der Waals surface area (Å²) in [6, 6.07) is 5.12. The monoisotopic (exact) mass is 306 g/mol. The molecule has 2 aromatic rings. The van der Waals surface area contributed by atoms with Gasteiger partial charge in [0.05, 0.1) is 4.92 Å². The Balaban J connectivity index is 2.54. The first kappa shape index (κ1) is 14.9. The van der Waals surface area contributed by atoms with Crippen molar-refractivity contribution in [2.24, 2.45) is 5.73 Å². The molecule has 0 aliphatic heterocycles. The third-order valence-corrected chi connectivity index (χ3v) is 4.09. The Labute approximate surface area is 125 Å². The fourth-order valence-corrected chi connectivity index (χ4v) is 2.71. The number of carbonyl (C=O) groups is 1. The summed E-state index contributed by atoms with van der Waals surface area (Å²) in [6.45, 7) is 3.99. The zero-order chi connectivity index (χ0) is 15.6. The van der Waals surface area contributed by atoms with Crippen LogP contribution in [0.3, 0.4) is 0 Å². The number of para-hydroxylation sites is 2. The van der Waals surface area contributed by atoms with Crippen LogP contribution in [-0.2, 0) is 0 Å². The lowest BCUT2D eigenvalue weighted by Crippen LogP contribution is -2.31. The highest BCUT2D eigenvalue weighted by atomic mass is 32.1. The van der Waals surface area contributed by atoms with Crippen LogP contribution in [0.5, 0.6) is 0 Å². The minimum absolute atomic E-state index is 0.111. The summed E-state index contributed by atoms with van der Waals surface area (Å²) in [5.41, 5.74) is 5.30. The van der Waals surface area contributed by atoms with E-state index in [0.717, 1.165) is 9.78 Å². The maximum absolute atomic E-state index is 11.7. The summed E-state index contributed by atoms with van der Waals surface area (Å²) in [4.78, 5) is 28.5. The number of hydrogen-bond acceptors (Lipinski definition) is 5. The van der Waals surface area contributed by atoms with E-state index in [-0.39, 0.29) is 17.3 Å². The molecule has 0 spiro atoms. The number of benzene rings is 1. The third kappa shape index (κ3) is 3.00. The number of urea groups is 1. The number of nitrogens with two attached hydrogens (primary N) is 1. The fraction of sp³-hybridized carbons (Fsp3) is 0.231. The maximum atomic E-state index is 11.7. The Morgan fingerprint density at radius 3 is 2.62 bits per heavy atom. The molecule has 2 amide bonds. The molecule has 1 aromatic carbocycles. The van der Waals surface area contributed by atoms with Crippen LogP contribution in [0.4, 0.5) is 21.3 Å². The molecule has 1 heterocycles. The van der Waals surface area contributed by atoms with Gasteiger partial charge in [0.25, 0.3) is 5.69 Å². The van der Waals surface area contributed by atoms with E-state index in [1.54, 1.807) is 12.3 Å². The molecule has 0 fully saturated rings. The number of amides is 2. The zero-order valence-electron chi connectivity index (χ0n) is 11.5. The van der Waals surface area contributed by atoms with Crippen LogP contribution in [0.15, 0.2) is 30.5 Å². The lowest BCUT2D eigenvalue weighted by Gasteiger charge is -2.17. The number of anilines is 2. The fourth-order valence-electron chi connectivity index (χ4n) is 1.77. The van der Waals surface area contributed by atoms with Gasteiger partial charge in [-0.1, -0.05) is 26.0 Å². The standard InChI is InChI=1S/C13H14N4O3S/c1-8(2)11-7-15-13(21-11)16(12(14)18)9-5-3-4-6-10(9)17(19)20/h3-8H,1-2H3,(H2,14,18). The van der Waals surface area contributed by atoms with Crippen molar-refractivity contribution in [2.75, 3.05) is 4.90 Å². The normalized spacial score (nSPS) is 10.6. The van der Waals surface area contributed by atoms with Crippen LogP contribution in [0.1, 0.15) is 24.6 Å². The molecule has 110 valence electrons. The van der Waals surface area contributed by atoms with Gasteiger partial charge in [0.2, 0.25) is 0 Å². The van der Waals surface area contributed by atoms with Gasteiger partial charge in [0.15, 0.2) is 5.13 Å². The first-order chi connectivity index (χ1) is 9.91. The number of aromatic nitrogens is 1. The van der Waals surface area contributed by atoms with Gasteiger partial charge in [-0.05, 0) is 12.0 Å². The van der Waals surface area contributed by atoms with E-state index in [1.807, 2.05) is 13.8 Å². The van der Waals surface area contributed by atoms with Gasteiger partial charge >= 0.3 is 6.03 Å². The van der Waals surface area contributed by atoms with Crippen molar-refractivity contribution < 1.29 is 9.72 Å². The van der Waals surface area contributed by atoms with E-state index < -0.39 is 11.0 Å². The van der Waals surface area contributed by atoms with Crippen LogP contribution in [-0.4, -0.2) is 15.9 Å². The Bertz CT molecular complexity index is 684. The maximum Gasteiger partial charge on any atom is 0.325 e. The number of nitro groups is 1. The molecule has 0 bridgehead atoms. The highest BCUT2D eigenvalue weighted by Crippen LogP contribution is 2.36. The van der Waals surface area contributed by atoms with E-state index in [4.69, 9.17) is 5.73 Å². The SMILES string of the molecule is CC(C)c1cnc(N(C(N)=O)c2ccccc2[N+](=O)[O-])s1. The molecule has 1 aromatic heterocycles. The van der Waals surface area contributed by atoms with Crippen LogP contribution in [0.25, 0.3) is 0 Å². The molecule has 0 saturated carbocycles. The van der Waals surface area contributed by atoms with Crippen molar-refractivity contribution in [3.05, 3.63) is 45.5 Å². The van der Waals surface area contributed by atoms with E-state index in [9.17, 15) is 14.9 Å². The van der Waals surface area contributed by atoms with Crippen LogP contribution < -0.4 is 10.6 Å². The van der Waals surface area contributed by atoms with Gasteiger partial charge in [-0.2, -0.15) is 0 Å². The number of hydrogen-bond donors (Lipinski definition) is 1. The molecule has 0 unspecified atom stereocenters. The van der Waals surface area contributed by atoms with Gasteiger partial charge < -0.3 is 5.73 Å². The third-order valence-electron chi connectivity index (χ3n) is 2.81. The summed E-state index contributed by atoms with van der Waals surface area (Å²) in [5.74, 6) is 0.247. The molecule has 0 atom stereocenters. The summed E-state index contributed by atoms with van der Waals surface area (Å²) >= 11 is 1.28. The van der Waals surface area contributed by atoms with Crippen LogP contribution in [0, 0.1) is 10.1 Å². The molecule has 2 rings (SSSR count). The molecule has 8 heteroatoms. The van der Waals surface area contributed by atoms with E-state index in [1.165, 1.54) is 29.5 Å². The van der Waals surface area contributed by atoms with E-state index >= 15 is 0 Å². The Kier molecular flexibility index (Phi) is 4.18. The summed E-state index contributed by atoms with van der Waals surface area (Å²) in [7, 11) is 0. The van der Waals surface area contributed by atoms with E-state index in [2.05, 4.69) is 4.98 Å². The summed E-state index contributed by atoms with van der Waals surface area (Å²) in [6.07, 6.45) is 1.65. The molecule has 0 radical (unpaired) electrons. The Morgan fingerprint density at radius 2 is 2.10 bits per heavy atom. The van der Waals surface area contributed by atoms with Gasteiger partial charge in [0.1, 0.15) is 5.69 Å². The predicted molar refractivity (Wildman–Crippen MR) is 81.0 cm³/mol. The van der Waals surface area contributed by atoms with Crippen molar-refractivity contribution in [1.29, 1.82) is 0 Å². The molecule has 0 aliphatic rings. The summed E-state index contributed by atoms with van der Waals surface area (Å²) < 4.78 is 0. The molecule has 0 aliphatic carbocycles. The number of primary amides is 1. The lowest BCUT2D eigenvalue weighted by atomic mass is 10.2. The molecular weight excluding hydrogens is 292 g/mol. The zero-order valence-corrected chi connectivity index (χ0v) is 12.3. The van der Waals surface area contributed by atoms with Crippen molar-refractivity contribution in [2.45, 2.75) is 19.8 Å². The van der Waals surface area contributed by atoms with Gasteiger partial charge in [-0.15, -0.1) is 11.3 Å². The predicted octanol–water partition coefficient (Wildman–Crippen LogP) is 3.39. The number of nitrogens with zero attached hydrogens (tertiary/aromatic N) is 3. The second kappa shape index (κ2) is 5.88. The average Bonchev–Trinajstić information content (AvgIpc) is 2.88. The first-order valence-electron chi connectivity index (χ1n) is 6.20. The van der Waals surface area contributed by atoms with E-state index in [0.29, 0.717) is 5.13 Å². The molecule has 2 N–H and O–H groups in total. The number of thiazole rings is 1. The largest absolute Gasteiger partial charge is 0.351 e. The van der Waals surface area contributed by atoms with Crippen LogP contribution >= 0.6 is 11.3 Å². The minimum atomic E-state index is -0.811. The smallest absolute Gasteiger partial charge is 0.325 e. The Morgan fingerprint density at radius 1 is 1.43 bits per heavy atom. The van der Waals surface area contributed by atoms with Crippen molar-refractivity contribution in [3.8, 4) is 0 Å². The van der Waals surface area contributed by atoms with Gasteiger partial charge in [0, 0.05) is 17.1 Å². The topological polar surface area (TPSA) is 102 Å². The molecule has 0 saturated heterocycles. The molecule has 21 heavy (non-hydrogen) atoms. The van der Waals surface area contributed by atoms with Crippen molar-refractivity contribution in [3.63, 3.8) is 0 Å². The number of carbonyl (C=O) groups excluding carboxylic acids is 1. The molecular formula is C13H14N4O3S. The molecule has 7 nitrogen and oxygen atoms in total. The first-order valence-corrected chi connectivity index (χ1v) is 7.02. The van der Waals surface area contributed by atoms with Crippen molar-refractivity contribution >= 4 is 33.9 Å². The van der Waals surface area contributed by atoms with Crippen molar-refractivity contribution in [1.82, 2.24) is 4.98 Å². The minimum Gasteiger partial charge on any atom is -0.351 e. The number of nitro benzene ring substituents is 1. The summed E-state index contributed by atoms with van der Waals surface area (Å²) in [5, 5.41) is 11.4. The average molecular weight is 306 g/mol. The second-order valence-corrected chi connectivity index (χ2v) is 5.66. The second-order valence-electron chi connectivity index (χ2n) is 4.62. The van der Waals surface area contributed by atoms with Crippen LogP contribution in [0.2, 0.25) is 0 Å². The Hall–Kier alpha value is -2.48. The van der Waals surface area contributed by atoms with Gasteiger partial charge in [-0.3, -0.25) is 10.1 Å². The quantitative estimate of drug-likeness (QED) is 0.690. The number of rotatable bonds is 4.